The fourth-order valence-corrected chi connectivity index (χ4v) is 5.24. The lowest BCUT2D eigenvalue weighted by Gasteiger charge is -2.37. The SMILES string of the molecule is CCCC(C(=O)N1CCN(c2ccc(OCCOC)cc2F)CC1)n1ncc2c1nc(N)n1nc(-c3ccco3)nc21. The predicted molar refractivity (Wildman–Crippen MR) is 153 cm³/mol. The lowest BCUT2D eigenvalue weighted by atomic mass is 10.1. The summed E-state index contributed by atoms with van der Waals surface area (Å²) in [6.45, 7) is 4.66. The van der Waals surface area contributed by atoms with E-state index < -0.39 is 6.04 Å². The largest absolute Gasteiger partial charge is 0.491 e. The Balaban J connectivity index is 1.20. The van der Waals surface area contributed by atoms with Crippen LogP contribution in [0.2, 0.25) is 0 Å². The number of methoxy groups -OCH3 is 1. The second kappa shape index (κ2) is 11.6. The van der Waals surface area contributed by atoms with Gasteiger partial charge in [-0.3, -0.25) is 4.79 Å². The summed E-state index contributed by atoms with van der Waals surface area (Å²) in [6, 6.07) is 7.77. The lowest BCUT2D eigenvalue weighted by molar-refractivity contribution is -0.135. The fourth-order valence-electron chi connectivity index (χ4n) is 5.24. The Morgan fingerprint density at radius 1 is 1.14 bits per heavy atom. The second-order valence-corrected chi connectivity index (χ2v) is 10.0. The molecular formula is C28H32FN9O4. The van der Waals surface area contributed by atoms with Crippen molar-refractivity contribution in [3.05, 3.63) is 48.6 Å². The van der Waals surface area contributed by atoms with Gasteiger partial charge in [0.05, 0.1) is 30.1 Å². The summed E-state index contributed by atoms with van der Waals surface area (Å²) < 4.78 is 33.9. The Morgan fingerprint density at radius 3 is 2.69 bits per heavy atom. The van der Waals surface area contributed by atoms with Crippen molar-refractivity contribution in [2.24, 2.45) is 0 Å². The zero-order chi connectivity index (χ0) is 29.2. The summed E-state index contributed by atoms with van der Waals surface area (Å²) in [7, 11) is 1.58. The number of furan rings is 1. The van der Waals surface area contributed by atoms with Gasteiger partial charge in [-0.25, -0.2) is 14.1 Å². The first-order valence-corrected chi connectivity index (χ1v) is 13.9. The van der Waals surface area contributed by atoms with Gasteiger partial charge >= 0.3 is 0 Å². The number of fused-ring (bicyclic) bond motifs is 3. The number of halogens is 1. The maximum atomic E-state index is 14.9. The molecule has 6 rings (SSSR count). The van der Waals surface area contributed by atoms with Crippen LogP contribution in [0.15, 0.2) is 47.2 Å². The van der Waals surface area contributed by atoms with Crippen LogP contribution in [0, 0.1) is 5.82 Å². The van der Waals surface area contributed by atoms with E-state index in [1.54, 1.807) is 53.4 Å². The smallest absolute Gasteiger partial charge is 0.247 e. The number of rotatable bonds is 10. The molecule has 1 fully saturated rings. The van der Waals surface area contributed by atoms with Crippen molar-refractivity contribution in [1.82, 2.24) is 34.3 Å². The standard InChI is InChI=1S/C28H32FN9O4/c1-3-5-22(27(39)36-11-9-35(10-12-36)21-8-7-18(16-20(21)29)41-15-14-40-2)37-26-19(17-31-37)25-32-24(23-6-4-13-42-23)34-38(25)28(30)33-26/h4,6-8,13,16-17,22H,3,5,9-12,14-15H2,1-2H3,(H2,30,33). The van der Waals surface area contributed by atoms with E-state index >= 15 is 0 Å². The van der Waals surface area contributed by atoms with E-state index in [-0.39, 0.29) is 17.7 Å². The highest BCUT2D eigenvalue weighted by atomic mass is 19.1. The van der Waals surface area contributed by atoms with Crippen LogP contribution in [0.4, 0.5) is 16.0 Å². The molecule has 13 nitrogen and oxygen atoms in total. The molecular weight excluding hydrogens is 545 g/mol. The third kappa shape index (κ3) is 5.09. The van der Waals surface area contributed by atoms with Gasteiger partial charge < -0.3 is 29.4 Å². The van der Waals surface area contributed by atoms with Crippen molar-refractivity contribution in [3.8, 4) is 17.3 Å². The van der Waals surface area contributed by atoms with Gasteiger partial charge in [0.1, 0.15) is 24.2 Å². The maximum absolute atomic E-state index is 14.9. The molecule has 42 heavy (non-hydrogen) atoms. The van der Waals surface area contributed by atoms with Crippen LogP contribution in [0.1, 0.15) is 25.8 Å². The number of piperazine rings is 1. The molecule has 1 saturated heterocycles. The number of hydrogen-bond donors (Lipinski definition) is 1. The van der Waals surface area contributed by atoms with Crippen LogP contribution in [-0.2, 0) is 9.53 Å². The molecule has 220 valence electrons. The van der Waals surface area contributed by atoms with Crippen molar-refractivity contribution in [1.29, 1.82) is 0 Å². The molecule has 1 aliphatic heterocycles. The van der Waals surface area contributed by atoms with Gasteiger partial charge in [0, 0.05) is 39.4 Å². The summed E-state index contributed by atoms with van der Waals surface area (Å²) in [5.74, 6) is 1.02. The van der Waals surface area contributed by atoms with Crippen molar-refractivity contribution >= 4 is 34.2 Å². The van der Waals surface area contributed by atoms with E-state index in [0.29, 0.717) is 85.5 Å². The second-order valence-electron chi connectivity index (χ2n) is 10.0. The number of aromatic nitrogens is 6. The minimum atomic E-state index is -0.582. The van der Waals surface area contributed by atoms with Gasteiger partial charge in [-0.2, -0.15) is 14.6 Å². The first kappa shape index (κ1) is 27.4. The number of carbonyl (C=O) groups is 1. The molecule has 0 bridgehead atoms. The molecule has 5 heterocycles. The zero-order valence-corrected chi connectivity index (χ0v) is 23.4. The summed E-state index contributed by atoms with van der Waals surface area (Å²) >= 11 is 0. The Bertz CT molecular complexity index is 1690. The third-order valence-electron chi connectivity index (χ3n) is 7.35. The quantitative estimate of drug-likeness (QED) is 0.246. The number of anilines is 2. The highest BCUT2D eigenvalue weighted by molar-refractivity contribution is 5.92. The topological polar surface area (TPSA) is 142 Å². The number of carbonyl (C=O) groups excluding carboxylic acids is 1. The van der Waals surface area contributed by atoms with E-state index in [9.17, 15) is 9.18 Å². The number of nitrogens with zero attached hydrogens (tertiary/aromatic N) is 8. The highest BCUT2D eigenvalue weighted by Gasteiger charge is 2.31. The zero-order valence-electron chi connectivity index (χ0n) is 23.4. The molecule has 0 saturated carbocycles. The number of ether oxygens (including phenoxy) is 2. The molecule has 0 aliphatic carbocycles. The van der Waals surface area contributed by atoms with Gasteiger partial charge in [0.25, 0.3) is 0 Å². The van der Waals surface area contributed by atoms with E-state index in [0.717, 1.165) is 6.42 Å². The van der Waals surface area contributed by atoms with Crippen LogP contribution < -0.4 is 15.4 Å². The maximum Gasteiger partial charge on any atom is 0.247 e. The lowest BCUT2D eigenvalue weighted by Crippen LogP contribution is -2.51. The number of benzene rings is 1. The van der Waals surface area contributed by atoms with Crippen molar-refractivity contribution in [3.63, 3.8) is 0 Å². The summed E-state index contributed by atoms with van der Waals surface area (Å²) in [4.78, 5) is 26.8. The first-order chi connectivity index (χ1) is 20.5. The molecule has 0 spiro atoms. The van der Waals surface area contributed by atoms with Crippen LogP contribution in [-0.4, -0.2) is 86.7 Å². The fraction of sp³-hybridized carbons (Fsp3) is 0.393. The minimum Gasteiger partial charge on any atom is -0.491 e. The Kier molecular flexibility index (Phi) is 7.61. The van der Waals surface area contributed by atoms with Gasteiger partial charge in [-0.05, 0) is 30.7 Å². The third-order valence-corrected chi connectivity index (χ3v) is 7.35. The number of hydrogen-bond acceptors (Lipinski definition) is 10. The molecule has 1 aromatic carbocycles. The molecule has 0 radical (unpaired) electrons. The molecule has 5 aromatic rings. The van der Waals surface area contributed by atoms with Gasteiger partial charge in [-0.1, -0.05) is 13.3 Å². The van der Waals surface area contributed by atoms with Crippen LogP contribution >= 0.6 is 0 Å². The molecule has 1 unspecified atom stereocenters. The summed E-state index contributed by atoms with van der Waals surface area (Å²) in [6.07, 6.45) is 4.50. The molecule has 1 aliphatic rings. The van der Waals surface area contributed by atoms with Crippen LogP contribution in [0.25, 0.3) is 28.3 Å². The predicted octanol–water partition coefficient (Wildman–Crippen LogP) is 3.17. The first-order valence-electron chi connectivity index (χ1n) is 13.9. The number of amides is 1. The van der Waals surface area contributed by atoms with Crippen LogP contribution in [0.3, 0.4) is 0 Å². The van der Waals surface area contributed by atoms with Gasteiger partial charge in [0.15, 0.2) is 17.1 Å². The van der Waals surface area contributed by atoms with E-state index in [1.165, 1.54) is 10.6 Å². The Labute approximate surface area is 240 Å². The summed E-state index contributed by atoms with van der Waals surface area (Å²) in [5, 5.41) is 9.62. The monoisotopic (exact) mass is 577 g/mol. The van der Waals surface area contributed by atoms with Crippen LogP contribution in [0.5, 0.6) is 5.75 Å². The molecule has 2 N–H and O–H groups in total. The van der Waals surface area contributed by atoms with E-state index in [1.807, 2.05) is 11.8 Å². The Morgan fingerprint density at radius 2 is 1.98 bits per heavy atom. The van der Waals surface area contributed by atoms with Gasteiger partial charge in [-0.15, -0.1) is 5.10 Å². The number of nitrogens with two attached hydrogens (primary N) is 1. The number of nitrogen functional groups attached to an aromatic ring is 1. The summed E-state index contributed by atoms with van der Waals surface area (Å²) in [5.41, 5.74) is 7.68. The molecule has 14 heteroatoms. The average Bonchev–Trinajstić information content (AvgIpc) is 3.76. The highest BCUT2D eigenvalue weighted by Crippen LogP contribution is 2.29. The Hall–Kier alpha value is -4.72. The van der Waals surface area contributed by atoms with Crippen molar-refractivity contribution in [2.75, 3.05) is 57.1 Å². The molecule has 1 amide bonds. The normalized spacial score (nSPS) is 14.6. The van der Waals surface area contributed by atoms with Crippen molar-refractivity contribution < 1.29 is 23.1 Å². The van der Waals surface area contributed by atoms with E-state index in [2.05, 4.69) is 20.2 Å². The van der Waals surface area contributed by atoms with Crippen molar-refractivity contribution in [2.45, 2.75) is 25.8 Å². The molecule has 1 atom stereocenters. The average molecular weight is 578 g/mol. The van der Waals surface area contributed by atoms with Gasteiger partial charge in [0.2, 0.25) is 17.7 Å². The minimum absolute atomic E-state index is 0.0677. The van der Waals surface area contributed by atoms with E-state index in [4.69, 9.17) is 19.6 Å². The molecule has 4 aromatic heterocycles.